The van der Waals surface area contributed by atoms with Crippen LogP contribution in [0.2, 0.25) is 0 Å². The molecule has 5 aromatic rings. The van der Waals surface area contributed by atoms with Crippen molar-refractivity contribution in [2.75, 3.05) is 24.8 Å². The highest BCUT2D eigenvalue weighted by atomic mass is 32.2. The van der Waals surface area contributed by atoms with Crippen molar-refractivity contribution >= 4 is 39.1 Å². The number of thiophene rings is 1. The van der Waals surface area contributed by atoms with Gasteiger partial charge in [-0.15, -0.1) is 23.1 Å². The number of aromatic nitrogens is 1. The molecule has 0 bridgehead atoms. The number of ether oxygens (including phenoxy) is 2. The first-order chi connectivity index (χ1) is 21.5. The molecule has 8 rings (SSSR count). The topological polar surface area (TPSA) is 64.0 Å². The van der Waals surface area contributed by atoms with E-state index in [4.69, 9.17) is 9.47 Å². The lowest BCUT2D eigenvalue weighted by Gasteiger charge is -2.51. The number of pyridine rings is 1. The normalized spacial score (nSPS) is 19.2. The van der Waals surface area contributed by atoms with Gasteiger partial charge in [-0.05, 0) is 40.3 Å². The molecule has 44 heavy (non-hydrogen) atoms. The number of amides is 1. The fourth-order valence-electron chi connectivity index (χ4n) is 6.41. The van der Waals surface area contributed by atoms with E-state index in [1.54, 1.807) is 33.2 Å². The highest BCUT2D eigenvalue weighted by Gasteiger charge is 2.46. The molecule has 3 aliphatic heterocycles. The summed E-state index contributed by atoms with van der Waals surface area (Å²) in [4.78, 5) is 30.1. The molecule has 1 unspecified atom stereocenters. The Labute approximate surface area is 259 Å². The second-order valence-electron chi connectivity index (χ2n) is 10.8. The number of hydrogen-bond acceptors (Lipinski definition) is 7. The van der Waals surface area contributed by atoms with Gasteiger partial charge < -0.3 is 14.4 Å². The standard InChI is InChI=1S/C33H25F2N3O4S2/c34-24-8-6-20-23(28(24)35)18-44-32-21-11-15-43-26(21)9-7-22(32)29(20)38-27-17-41-14-13-36(27)33(40)30-31(25(39)10-12-37(30)38)42-16-19-4-2-1-3-5-19/h1-12,15,27,29H,13-14,16-18H2/t27-,29?/m1/s1. The molecule has 3 aliphatic rings. The number of carbonyl (C=O) groups is 1. The minimum absolute atomic E-state index is 0.0571. The van der Waals surface area contributed by atoms with Gasteiger partial charge in [-0.2, -0.15) is 0 Å². The lowest BCUT2D eigenvalue weighted by Crippen LogP contribution is -2.66. The molecule has 0 N–H and O–H groups in total. The number of carbonyl (C=O) groups excluding carboxylic acids is 1. The van der Waals surface area contributed by atoms with Crippen molar-refractivity contribution in [1.82, 2.24) is 9.58 Å². The van der Waals surface area contributed by atoms with Crippen molar-refractivity contribution in [3.63, 3.8) is 0 Å². The van der Waals surface area contributed by atoms with Gasteiger partial charge in [0.25, 0.3) is 5.91 Å². The van der Waals surface area contributed by atoms with E-state index in [9.17, 15) is 14.0 Å². The van der Waals surface area contributed by atoms with Crippen LogP contribution in [0.5, 0.6) is 5.75 Å². The molecule has 0 saturated carbocycles. The van der Waals surface area contributed by atoms with E-state index in [1.807, 2.05) is 58.9 Å². The number of nitrogens with zero attached hydrogens (tertiary/aromatic N) is 3. The molecule has 2 atom stereocenters. The minimum atomic E-state index is -0.910. The fraction of sp³-hybridized carbons (Fsp3) is 0.212. The Morgan fingerprint density at radius 2 is 1.82 bits per heavy atom. The third-order valence-electron chi connectivity index (χ3n) is 8.45. The van der Waals surface area contributed by atoms with Crippen molar-refractivity contribution in [2.45, 2.75) is 29.5 Å². The summed E-state index contributed by atoms with van der Waals surface area (Å²) in [5.74, 6) is -1.97. The number of thioether (sulfide) groups is 1. The van der Waals surface area contributed by atoms with Gasteiger partial charge in [0, 0.05) is 45.1 Å². The van der Waals surface area contributed by atoms with Crippen molar-refractivity contribution in [3.8, 4) is 5.75 Å². The molecule has 11 heteroatoms. The number of fused-ring (bicyclic) bond motifs is 6. The van der Waals surface area contributed by atoms with Crippen molar-refractivity contribution in [3.05, 3.63) is 128 Å². The molecule has 7 nitrogen and oxygen atoms in total. The van der Waals surface area contributed by atoms with Gasteiger partial charge in [-0.25, -0.2) is 8.78 Å². The molecule has 2 aromatic heterocycles. The first kappa shape index (κ1) is 27.4. The Kier molecular flexibility index (Phi) is 6.69. The van der Waals surface area contributed by atoms with Crippen LogP contribution >= 0.6 is 23.1 Å². The molecule has 222 valence electrons. The SMILES string of the molecule is O=C1c2c(OCc3ccccc3)c(=O)ccn2N(C2c3ccc(F)c(F)c3CSc3c2ccc2sccc32)[C@@H]2COCCN12. The van der Waals surface area contributed by atoms with E-state index in [0.717, 1.165) is 32.2 Å². The average Bonchev–Trinajstić information content (AvgIpc) is 3.47. The van der Waals surface area contributed by atoms with E-state index in [0.29, 0.717) is 18.7 Å². The van der Waals surface area contributed by atoms with Crippen LogP contribution in [0.4, 0.5) is 8.78 Å². The summed E-state index contributed by atoms with van der Waals surface area (Å²) in [5, 5.41) is 5.02. The Balaban J connectivity index is 1.38. The Morgan fingerprint density at radius 3 is 2.68 bits per heavy atom. The second-order valence-corrected chi connectivity index (χ2v) is 12.8. The summed E-state index contributed by atoms with van der Waals surface area (Å²) in [6.07, 6.45) is 0.977. The molecule has 1 saturated heterocycles. The van der Waals surface area contributed by atoms with E-state index < -0.39 is 29.3 Å². The Morgan fingerprint density at radius 1 is 0.977 bits per heavy atom. The highest BCUT2D eigenvalue weighted by Crippen LogP contribution is 2.48. The van der Waals surface area contributed by atoms with Crippen LogP contribution in [0.25, 0.3) is 10.1 Å². The van der Waals surface area contributed by atoms with Gasteiger partial charge in [0.05, 0.1) is 19.3 Å². The predicted octanol–water partition coefficient (Wildman–Crippen LogP) is 6.07. The fourth-order valence-corrected chi connectivity index (χ4v) is 8.53. The third kappa shape index (κ3) is 4.25. The second kappa shape index (κ2) is 10.8. The number of halogens is 2. The smallest absolute Gasteiger partial charge is 0.278 e. The van der Waals surface area contributed by atoms with Crippen molar-refractivity contribution in [2.24, 2.45) is 0 Å². The highest BCUT2D eigenvalue weighted by molar-refractivity contribution is 7.98. The van der Waals surface area contributed by atoms with E-state index in [2.05, 4.69) is 0 Å². The van der Waals surface area contributed by atoms with Gasteiger partial charge in [-0.3, -0.25) is 19.3 Å². The molecule has 0 spiro atoms. The first-order valence-corrected chi connectivity index (χ1v) is 16.1. The summed E-state index contributed by atoms with van der Waals surface area (Å²) in [5.41, 5.74) is 2.26. The quantitative estimate of drug-likeness (QED) is 0.241. The molecular formula is C33H25F2N3O4S2. The van der Waals surface area contributed by atoms with Gasteiger partial charge in [0.2, 0.25) is 5.43 Å². The van der Waals surface area contributed by atoms with Crippen molar-refractivity contribution < 1.29 is 23.0 Å². The molecule has 3 aromatic carbocycles. The monoisotopic (exact) mass is 629 g/mol. The van der Waals surface area contributed by atoms with Crippen LogP contribution in [-0.4, -0.2) is 41.4 Å². The number of benzene rings is 3. The Bertz CT molecular complexity index is 2000. The van der Waals surface area contributed by atoms with E-state index in [1.165, 1.54) is 17.8 Å². The maximum absolute atomic E-state index is 15.6. The summed E-state index contributed by atoms with van der Waals surface area (Å²) >= 11 is 3.09. The summed E-state index contributed by atoms with van der Waals surface area (Å²) in [6, 6.07) is 19.0. The summed E-state index contributed by atoms with van der Waals surface area (Å²) < 4.78 is 45.0. The summed E-state index contributed by atoms with van der Waals surface area (Å²) in [7, 11) is 0. The number of hydrogen-bond donors (Lipinski definition) is 0. The zero-order chi connectivity index (χ0) is 29.9. The van der Waals surface area contributed by atoms with Gasteiger partial charge in [0.15, 0.2) is 23.1 Å². The minimum Gasteiger partial charge on any atom is -0.482 e. The zero-order valence-electron chi connectivity index (χ0n) is 23.2. The van der Waals surface area contributed by atoms with Gasteiger partial charge in [0.1, 0.15) is 12.8 Å². The van der Waals surface area contributed by atoms with Gasteiger partial charge in [-0.1, -0.05) is 42.5 Å². The zero-order valence-corrected chi connectivity index (χ0v) is 24.9. The van der Waals surface area contributed by atoms with Crippen molar-refractivity contribution in [1.29, 1.82) is 0 Å². The molecule has 0 aliphatic carbocycles. The van der Waals surface area contributed by atoms with Crippen LogP contribution < -0.4 is 15.2 Å². The number of rotatable bonds is 4. The Hall–Kier alpha value is -4.19. The maximum Gasteiger partial charge on any atom is 0.278 e. The van der Waals surface area contributed by atoms with E-state index >= 15 is 4.39 Å². The molecular weight excluding hydrogens is 605 g/mol. The molecule has 1 amide bonds. The lowest BCUT2D eigenvalue weighted by atomic mass is 9.92. The predicted molar refractivity (Wildman–Crippen MR) is 165 cm³/mol. The number of morpholine rings is 1. The third-order valence-corrected chi connectivity index (χ3v) is 10.5. The molecule has 1 fully saturated rings. The van der Waals surface area contributed by atoms with E-state index in [-0.39, 0.29) is 41.9 Å². The largest absolute Gasteiger partial charge is 0.482 e. The van der Waals surface area contributed by atoms with Crippen LogP contribution in [0.15, 0.2) is 88.0 Å². The van der Waals surface area contributed by atoms with Gasteiger partial charge >= 0.3 is 0 Å². The van der Waals surface area contributed by atoms with Crippen LogP contribution in [0.3, 0.4) is 0 Å². The molecule has 5 heterocycles. The summed E-state index contributed by atoms with van der Waals surface area (Å²) in [6.45, 7) is 0.912. The lowest BCUT2D eigenvalue weighted by molar-refractivity contribution is -0.0199. The first-order valence-electron chi connectivity index (χ1n) is 14.2. The average molecular weight is 630 g/mol. The maximum atomic E-state index is 15.6. The van der Waals surface area contributed by atoms with Crippen LogP contribution in [0.1, 0.15) is 38.8 Å². The van der Waals surface area contributed by atoms with Crippen LogP contribution in [0, 0.1) is 11.6 Å². The molecule has 0 radical (unpaired) electrons. The van der Waals surface area contributed by atoms with Crippen LogP contribution in [-0.2, 0) is 17.1 Å².